The first kappa shape index (κ1) is 18.9. The third-order valence-electron chi connectivity index (χ3n) is 5.53. The molecule has 1 amide bonds. The van der Waals surface area contributed by atoms with Crippen molar-refractivity contribution in [3.63, 3.8) is 0 Å². The number of alkyl halides is 3. The maximum Gasteiger partial charge on any atom is 0.422 e. The summed E-state index contributed by atoms with van der Waals surface area (Å²) in [5.41, 5.74) is 0.298. The van der Waals surface area contributed by atoms with Crippen molar-refractivity contribution in [2.75, 3.05) is 13.2 Å². The molecule has 138 valence electrons. The maximum absolute atomic E-state index is 11.9. The lowest BCUT2D eigenvalue weighted by Gasteiger charge is -2.61. The van der Waals surface area contributed by atoms with Gasteiger partial charge in [-0.05, 0) is 36.0 Å². The number of amides is 1. The summed E-state index contributed by atoms with van der Waals surface area (Å²) >= 11 is 0. The first-order chi connectivity index (χ1) is 11.0. The van der Waals surface area contributed by atoms with E-state index in [1.165, 1.54) is 6.42 Å². The Morgan fingerprint density at radius 1 is 1.25 bits per heavy atom. The van der Waals surface area contributed by atoms with E-state index in [9.17, 15) is 22.8 Å². The molecule has 0 aromatic rings. The molecule has 0 aromatic carbocycles. The lowest BCUT2D eigenvalue weighted by Crippen LogP contribution is -2.57. The van der Waals surface area contributed by atoms with Gasteiger partial charge >= 0.3 is 18.2 Å². The Kier molecular flexibility index (Phi) is 5.34. The van der Waals surface area contributed by atoms with Crippen molar-refractivity contribution in [3.05, 3.63) is 0 Å². The van der Waals surface area contributed by atoms with Gasteiger partial charge in [0.05, 0.1) is 6.42 Å². The van der Waals surface area contributed by atoms with Crippen molar-refractivity contribution in [2.45, 2.75) is 52.3 Å². The van der Waals surface area contributed by atoms with Gasteiger partial charge in [-0.15, -0.1) is 0 Å². The molecule has 0 radical (unpaired) electrons. The van der Waals surface area contributed by atoms with Crippen molar-refractivity contribution in [2.24, 2.45) is 23.2 Å². The third kappa shape index (κ3) is 4.33. The number of halogens is 3. The highest BCUT2D eigenvalue weighted by Gasteiger charge is 2.57. The standard InChI is InChI=1S/C16H24F3NO4/c1-9-11-6-10(15(11,2)3)7-12(9)24-13(21)4-5-20-14(22)23-8-16(17,18)19/h9-12H,4-8H2,1-3H3,(H,20,22)/t9-,10-,11-,12+/m1/s1. The van der Waals surface area contributed by atoms with Gasteiger partial charge in [0, 0.05) is 6.54 Å². The topological polar surface area (TPSA) is 64.6 Å². The highest BCUT2D eigenvalue weighted by molar-refractivity contribution is 5.72. The number of hydrogen-bond donors (Lipinski definition) is 1. The lowest BCUT2D eigenvalue weighted by atomic mass is 9.45. The van der Waals surface area contributed by atoms with Crippen LogP contribution in [0, 0.1) is 23.2 Å². The summed E-state index contributed by atoms with van der Waals surface area (Å²) in [6, 6.07) is 0. The quantitative estimate of drug-likeness (QED) is 0.772. The molecule has 5 nitrogen and oxygen atoms in total. The van der Waals surface area contributed by atoms with E-state index in [-0.39, 0.29) is 19.1 Å². The summed E-state index contributed by atoms with van der Waals surface area (Å²) < 4.78 is 45.1. The van der Waals surface area contributed by atoms with Crippen molar-refractivity contribution in [1.29, 1.82) is 0 Å². The van der Waals surface area contributed by atoms with Crippen LogP contribution in [0.5, 0.6) is 0 Å². The second-order valence-corrected chi connectivity index (χ2v) is 7.35. The number of carbonyl (C=O) groups is 2. The molecule has 0 saturated heterocycles. The number of nitrogens with one attached hydrogen (secondary N) is 1. The number of carbonyl (C=O) groups excluding carboxylic acids is 2. The van der Waals surface area contributed by atoms with Crippen LogP contribution in [-0.2, 0) is 14.3 Å². The van der Waals surface area contributed by atoms with Gasteiger partial charge < -0.3 is 14.8 Å². The Balaban J connectivity index is 1.65. The van der Waals surface area contributed by atoms with Gasteiger partial charge in [0.25, 0.3) is 0 Å². The van der Waals surface area contributed by atoms with Gasteiger partial charge in [-0.3, -0.25) is 4.79 Å². The molecule has 0 heterocycles. The van der Waals surface area contributed by atoms with Gasteiger partial charge in [0.1, 0.15) is 6.10 Å². The molecule has 3 saturated carbocycles. The molecule has 3 aliphatic carbocycles. The summed E-state index contributed by atoms with van der Waals surface area (Å²) in [4.78, 5) is 22.9. The predicted molar refractivity (Wildman–Crippen MR) is 79.1 cm³/mol. The number of alkyl carbamates (subject to hydrolysis) is 1. The Labute approximate surface area is 139 Å². The number of fused-ring (bicyclic) bond motifs is 2. The van der Waals surface area contributed by atoms with Gasteiger partial charge in [0.2, 0.25) is 0 Å². The van der Waals surface area contributed by atoms with E-state index in [1.807, 2.05) is 0 Å². The van der Waals surface area contributed by atoms with Crippen LogP contribution in [-0.4, -0.2) is 37.5 Å². The Bertz CT molecular complexity index is 492. The number of hydrogen-bond acceptors (Lipinski definition) is 4. The molecule has 24 heavy (non-hydrogen) atoms. The smallest absolute Gasteiger partial charge is 0.422 e. The minimum Gasteiger partial charge on any atom is -0.462 e. The molecular weight excluding hydrogens is 327 g/mol. The van der Waals surface area contributed by atoms with Gasteiger partial charge in [-0.2, -0.15) is 13.2 Å². The SMILES string of the molecule is C[C@H]1[C@@H](OC(=O)CCNC(=O)OCC(F)(F)F)C[C@H]2C[C@H]1C2(C)C. The largest absolute Gasteiger partial charge is 0.462 e. The summed E-state index contributed by atoms with van der Waals surface area (Å²) in [5.74, 6) is 0.942. The van der Waals surface area contributed by atoms with Crippen molar-refractivity contribution < 1.29 is 32.2 Å². The summed E-state index contributed by atoms with van der Waals surface area (Å²) in [6.45, 7) is 4.82. The van der Waals surface area contributed by atoms with E-state index < -0.39 is 24.8 Å². The van der Waals surface area contributed by atoms with Crippen LogP contribution in [0.15, 0.2) is 0 Å². The zero-order valence-corrected chi connectivity index (χ0v) is 14.1. The van der Waals surface area contributed by atoms with Crippen LogP contribution in [0.2, 0.25) is 0 Å². The predicted octanol–water partition coefficient (Wildman–Crippen LogP) is 3.28. The van der Waals surface area contributed by atoms with Crippen molar-refractivity contribution >= 4 is 12.1 Å². The zero-order valence-electron chi connectivity index (χ0n) is 14.1. The van der Waals surface area contributed by atoms with Gasteiger partial charge in [0.15, 0.2) is 6.61 Å². The first-order valence-corrected chi connectivity index (χ1v) is 8.17. The highest BCUT2D eigenvalue weighted by Crippen LogP contribution is 2.61. The van der Waals surface area contributed by atoms with E-state index >= 15 is 0 Å². The van der Waals surface area contributed by atoms with E-state index in [1.54, 1.807) is 0 Å². The maximum atomic E-state index is 11.9. The fourth-order valence-corrected chi connectivity index (χ4v) is 3.95. The fraction of sp³-hybridized carbons (Fsp3) is 0.875. The molecule has 0 aliphatic heterocycles. The second kappa shape index (κ2) is 6.80. The molecule has 0 unspecified atom stereocenters. The molecule has 2 bridgehead atoms. The normalized spacial score (nSPS) is 30.9. The molecule has 0 aromatic heterocycles. The highest BCUT2D eigenvalue weighted by atomic mass is 19.4. The molecule has 1 N–H and O–H groups in total. The van der Waals surface area contributed by atoms with Crippen LogP contribution in [0.25, 0.3) is 0 Å². The van der Waals surface area contributed by atoms with E-state index in [4.69, 9.17) is 4.74 Å². The van der Waals surface area contributed by atoms with Crippen LogP contribution >= 0.6 is 0 Å². The molecule has 3 aliphatic rings. The summed E-state index contributed by atoms with van der Waals surface area (Å²) in [7, 11) is 0. The molecule has 3 rings (SSSR count). The molecule has 0 spiro atoms. The minimum absolute atomic E-state index is 0.0942. The van der Waals surface area contributed by atoms with Crippen LogP contribution in [0.3, 0.4) is 0 Å². The van der Waals surface area contributed by atoms with Crippen molar-refractivity contribution in [3.8, 4) is 0 Å². The molecule has 8 heteroatoms. The Morgan fingerprint density at radius 2 is 1.92 bits per heavy atom. The number of rotatable bonds is 5. The Hall–Kier alpha value is -1.47. The lowest BCUT2D eigenvalue weighted by molar-refractivity contribution is -0.186. The molecule has 4 atom stereocenters. The van der Waals surface area contributed by atoms with E-state index in [0.29, 0.717) is 23.2 Å². The molecule has 3 fully saturated rings. The summed E-state index contributed by atoms with van der Waals surface area (Å²) in [5, 5.41) is 2.10. The van der Waals surface area contributed by atoms with E-state index in [0.717, 1.165) is 6.42 Å². The average molecular weight is 351 g/mol. The Morgan fingerprint density at radius 3 is 2.46 bits per heavy atom. The monoisotopic (exact) mass is 351 g/mol. The number of ether oxygens (including phenoxy) is 2. The molecular formula is C16H24F3NO4. The number of esters is 1. The first-order valence-electron chi connectivity index (χ1n) is 8.17. The van der Waals surface area contributed by atoms with Gasteiger partial charge in [-0.25, -0.2) is 4.79 Å². The van der Waals surface area contributed by atoms with E-state index in [2.05, 4.69) is 30.8 Å². The fourth-order valence-electron chi connectivity index (χ4n) is 3.95. The zero-order chi connectivity index (χ0) is 18.1. The van der Waals surface area contributed by atoms with Gasteiger partial charge in [-0.1, -0.05) is 20.8 Å². The van der Waals surface area contributed by atoms with Crippen LogP contribution in [0.1, 0.15) is 40.0 Å². The van der Waals surface area contributed by atoms with Crippen LogP contribution < -0.4 is 5.32 Å². The summed E-state index contributed by atoms with van der Waals surface area (Å²) in [6.07, 6.45) is -3.96. The van der Waals surface area contributed by atoms with Crippen molar-refractivity contribution in [1.82, 2.24) is 5.32 Å². The minimum atomic E-state index is -4.57. The van der Waals surface area contributed by atoms with Crippen LogP contribution in [0.4, 0.5) is 18.0 Å². The third-order valence-corrected chi connectivity index (χ3v) is 5.53. The average Bonchev–Trinajstić information content (AvgIpc) is 2.46. The second-order valence-electron chi connectivity index (χ2n) is 7.35.